The summed E-state index contributed by atoms with van der Waals surface area (Å²) in [5.41, 5.74) is 0.661. The van der Waals surface area contributed by atoms with E-state index in [2.05, 4.69) is 9.36 Å². The quantitative estimate of drug-likeness (QED) is 0.661. The van der Waals surface area contributed by atoms with E-state index >= 15 is 0 Å². The first-order chi connectivity index (χ1) is 5.70. The van der Waals surface area contributed by atoms with Gasteiger partial charge in [-0.05, 0) is 6.92 Å². The first kappa shape index (κ1) is 7.76. The van der Waals surface area contributed by atoms with Crippen molar-refractivity contribution < 1.29 is 0 Å². The summed E-state index contributed by atoms with van der Waals surface area (Å²) in [5.74, 6) is 0. The van der Waals surface area contributed by atoms with Crippen molar-refractivity contribution in [3.8, 4) is 0 Å². The molecule has 2 heterocycles. The highest BCUT2D eigenvalue weighted by molar-refractivity contribution is 7.13. The molecule has 0 unspecified atom stereocenters. The summed E-state index contributed by atoms with van der Waals surface area (Å²) in [5, 5.41) is 1.05. The van der Waals surface area contributed by atoms with Crippen LogP contribution in [0.25, 0.3) is 10.1 Å². The van der Waals surface area contributed by atoms with Gasteiger partial charge in [-0.1, -0.05) is 23.1 Å². The lowest BCUT2D eigenvalue weighted by atomic mass is 10.2. The van der Waals surface area contributed by atoms with Crippen LogP contribution < -0.4 is 5.56 Å². The van der Waals surface area contributed by atoms with Crippen LogP contribution in [0.3, 0.4) is 0 Å². The molecule has 12 heavy (non-hydrogen) atoms. The number of aromatic nitrogens is 2. The Kier molecular flexibility index (Phi) is 1.66. The van der Waals surface area contributed by atoms with E-state index in [1.54, 1.807) is 13.1 Å². The van der Waals surface area contributed by atoms with Gasteiger partial charge in [0.25, 0.3) is 5.56 Å². The SMILES string of the molecule is Cc1c(Cl)ncc2s[nH]c(=O)c12. The van der Waals surface area contributed by atoms with Crippen molar-refractivity contribution in [1.29, 1.82) is 0 Å². The number of rotatable bonds is 0. The fourth-order valence-electron chi connectivity index (χ4n) is 1.08. The summed E-state index contributed by atoms with van der Waals surface area (Å²) < 4.78 is 3.48. The van der Waals surface area contributed by atoms with E-state index in [-0.39, 0.29) is 5.56 Å². The van der Waals surface area contributed by atoms with E-state index in [0.717, 1.165) is 10.3 Å². The molecule has 5 heteroatoms. The number of halogens is 1. The topological polar surface area (TPSA) is 45.8 Å². The van der Waals surface area contributed by atoms with Gasteiger partial charge in [-0.3, -0.25) is 9.17 Å². The Hall–Kier alpha value is -0.870. The highest BCUT2D eigenvalue weighted by atomic mass is 35.5. The minimum absolute atomic E-state index is 0.0863. The molecule has 0 aliphatic heterocycles. The van der Waals surface area contributed by atoms with Gasteiger partial charge in [-0.2, -0.15) is 0 Å². The second kappa shape index (κ2) is 2.57. The summed E-state index contributed by atoms with van der Waals surface area (Å²) in [6.45, 7) is 1.79. The van der Waals surface area contributed by atoms with E-state index < -0.39 is 0 Å². The van der Waals surface area contributed by atoms with Gasteiger partial charge >= 0.3 is 0 Å². The molecule has 2 aromatic rings. The van der Waals surface area contributed by atoms with Gasteiger partial charge in [0, 0.05) is 11.8 Å². The normalized spacial score (nSPS) is 10.8. The second-order valence-corrected chi connectivity index (χ2v) is 3.65. The zero-order chi connectivity index (χ0) is 8.72. The summed E-state index contributed by atoms with van der Waals surface area (Å²) in [7, 11) is 0. The third kappa shape index (κ3) is 0.956. The molecule has 0 fully saturated rings. The number of aromatic amines is 1. The zero-order valence-electron chi connectivity index (χ0n) is 6.22. The molecular weight excluding hydrogens is 196 g/mol. The first-order valence-electron chi connectivity index (χ1n) is 3.32. The van der Waals surface area contributed by atoms with E-state index in [0.29, 0.717) is 10.5 Å². The van der Waals surface area contributed by atoms with Crippen LogP contribution in [-0.4, -0.2) is 9.36 Å². The predicted octanol–water partition coefficient (Wildman–Crippen LogP) is 1.95. The Bertz CT molecular complexity index is 488. The Morgan fingerprint density at radius 3 is 3.17 bits per heavy atom. The van der Waals surface area contributed by atoms with Crippen molar-refractivity contribution >= 4 is 33.2 Å². The smallest absolute Gasteiger partial charge is 0.266 e. The van der Waals surface area contributed by atoms with Crippen LogP contribution in [0.15, 0.2) is 11.0 Å². The van der Waals surface area contributed by atoms with Crippen LogP contribution in [0.5, 0.6) is 0 Å². The number of pyridine rings is 1. The average molecular weight is 201 g/mol. The molecule has 2 aromatic heterocycles. The minimum Gasteiger partial charge on any atom is -0.277 e. The molecule has 0 amide bonds. The third-order valence-electron chi connectivity index (χ3n) is 1.71. The number of hydrogen-bond acceptors (Lipinski definition) is 3. The summed E-state index contributed by atoms with van der Waals surface area (Å²) in [4.78, 5) is 15.2. The molecule has 1 N–H and O–H groups in total. The molecule has 62 valence electrons. The minimum atomic E-state index is -0.0863. The van der Waals surface area contributed by atoms with Gasteiger partial charge in [-0.25, -0.2) is 4.98 Å². The molecule has 0 saturated carbocycles. The maximum absolute atomic E-state index is 11.2. The number of hydrogen-bond donors (Lipinski definition) is 1. The van der Waals surface area contributed by atoms with E-state index in [9.17, 15) is 4.79 Å². The Morgan fingerprint density at radius 2 is 2.42 bits per heavy atom. The van der Waals surface area contributed by atoms with Gasteiger partial charge in [0.05, 0.1) is 10.1 Å². The van der Waals surface area contributed by atoms with E-state index in [1.807, 2.05) is 0 Å². The van der Waals surface area contributed by atoms with Crippen molar-refractivity contribution in [3.05, 3.63) is 27.3 Å². The molecule has 0 aliphatic rings. The molecule has 2 rings (SSSR count). The van der Waals surface area contributed by atoms with Gasteiger partial charge < -0.3 is 0 Å². The molecule has 0 saturated heterocycles. The molecule has 0 spiro atoms. The van der Waals surface area contributed by atoms with Crippen LogP contribution in [0.2, 0.25) is 5.15 Å². The molecule has 3 nitrogen and oxygen atoms in total. The van der Waals surface area contributed by atoms with Crippen LogP contribution in [0, 0.1) is 6.92 Å². The molecule has 0 atom stereocenters. The molecule has 0 bridgehead atoms. The largest absolute Gasteiger partial charge is 0.277 e. The Labute approximate surface area is 77.2 Å². The van der Waals surface area contributed by atoms with Crippen LogP contribution in [0.4, 0.5) is 0 Å². The number of H-pyrrole nitrogens is 1. The fourth-order valence-corrected chi connectivity index (χ4v) is 1.98. The Balaban J connectivity index is 3.06. The summed E-state index contributed by atoms with van der Waals surface area (Å²) >= 11 is 7.04. The highest BCUT2D eigenvalue weighted by Gasteiger charge is 2.07. The van der Waals surface area contributed by atoms with Gasteiger partial charge in [0.15, 0.2) is 0 Å². The van der Waals surface area contributed by atoms with Crippen molar-refractivity contribution in [2.45, 2.75) is 6.92 Å². The van der Waals surface area contributed by atoms with Crippen LogP contribution in [-0.2, 0) is 0 Å². The summed E-state index contributed by atoms with van der Waals surface area (Å²) in [6, 6.07) is 0. The maximum Gasteiger partial charge on any atom is 0.266 e. The first-order valence-corrected chi connectivity index (χ1v) is 4.52. The standard InChI is InChI=1S/C7H5ClN2OS/c1-3-5-4(2-9-6(3)8)12-10-7(5)11/h2H,1H3,(H,10,11). The van der Waals surface area contributed by atoms with Crippen LogP contribution in [0.1, 0.15) is 5.56 Å². The molecule has 0 radical (unpaired) electrons. The number of aryl methyl sites for hydroxylation is 1. The average Bonchev–Trinajstić information content (AvgIpc) is 2.41. The van der Waals surface area contributed by atoms with Crippen molar-refractivity contribution in [3.63, 3.8) is 0 Å². The monoisotopic (exact) mass is 200 g/mol. The molecule has 0 aromatic carbocycles. The van der Waals surface area contributed by atoms with Crippen molar-refractivity contribution in [2.75, 3.05) is 0 Å². The van der Waals surface area contributed by atoms with Gasteiger partial charge in [-0.15, -0.1) is 0 Å². The van der Waals surface area contributed by atoms with Crippen molar-refractivity contribution in [1.82, 2.24) is 9.36 Å². The lowest BCUT2D eigenvalue weighted by molar-refractivity contribution is 1.31. The zero-order valence-corrected chi connectivity index (χ0v) is 7.79. The highest BCUT2D eigenvalue weighted by Crippen LogP contribution is 2.21. The fraction of sp³-hybridized carbons (Fsp3) is 0.143. The Morgan fingerprint density at radius 1 is 1.67 bits per heavy atom. The van der Waals surface area contributed by atoms with Gasteiger partial charge in [0.1, 0.15) is 5.15 Å². The van der Waals surface area contributed by atoms with Crippen LogP contribution >= 0.6 is 23.1 Å². The lowest BCUT2D eigenvalue weighted by Gasteiger charge is -1.94. The predicted molar refractivity (Wildman–Crippen MR) is 50.0 cm³/mol. The summed E-state index contributed by atoms with van der Waals surface area (Å²) in [6.07, 6.45) is 1.60. The number of nitrogens with one attached hydrogen (secondary N) is 1. The van der Waals surface area contributed by atoms with E-state index in [1.165, 1.54) is 11.5 Å². The van der Waals surface area contributed by atoms with Crippen molar-refractivity contribution in [2.24, 2.45) is 0 Å². The van der Waals surface area contributed by atoms with E-state index in [4.69, 9.17) is 11.6 Å². The van der Waals surface area contributed by atoms with Gasteiger partial charge in [0.2, 0.25) is 0 Å². The number of nitrogens with zero attached hydrogens (tertiary/aromatic N) is 1. The second-order valence-electron chi connectivity index (χ2n) is 2.45. The molecule has 0 aliphatic carbocycles. The lowest BCUT2D eigenvalue weighted by Crippen LogP contribution is -1.99. The third-order valence-corrected chi connectivity index (χ3v) is 2.90. The molecular formula is C7H5ClN2OS. The number of fused-ring (bicyclic) bond motifs is 1. The maximum atomic E-state index is 11.2.